The maximum Gasteiger partial charge on any atom is 0.239 e. The van der Waals surface area contributed by atoms with Crippen LogP contribution in [-0.2, 0) is 9.53 Å². The Morgan fingerprint density at radius 2 is 1.94 bits per heavy atom. The Morgan fingerprint density at radius 1 is 1.29 bits per heavy atom. The Labute approximate surface area is 103 Å². The van der Waals surface area contributed by atoms with Crippen molar-refractivity contribution in [2.75, 3.05) is 39.4 Å². The number of morpholine rings is 1. The molecule has 0 saturated carbocycles. The molecule has 17 heavy (non-hydrogen) atoms. The summed E-state index contributed by atoms with van der Waals surface area (Å²) in [6.07, 6.45) is 0.848. The minimum absolute atomic E-state index is 0.178. The van der Waals surface area contributed by atoms with Gasteiger partial charge in [0, 0.05) is 32.2 Å². The lowest BCUT2D eigenvalue weighted by atomic mass is 9.94. The molecule has 0 aromatic heterocycles. The van der Waals surface area contributed by atoms with Crippen molar-refractivity contribution in [3.8, 4) is 0 Å². The smallest absolute Gasteiger partial charge is 0.239 e. The Balaban J connectivity index is 2.13. The van der Waals surface area contributed by atoms with Gasteiger partial charge in [-0.15, -0.1) is 0 Å². The fraction of sp³-hybridized carbons (Fsp3) is 0.917. The largest absolute Gasteiger partial charge is 0.379 e. The summed E-state index contributed by atoms with van der Waals surface area (Å²) < 4.78 is 5.35. The molecule has 2 N–H and O–H groups in total. The molecule has 2 heterocycles. The van der Waals surface area contributed by atoms with Gasteiger partial charge in [0.25, 0.3) is 0 Å². The van der Waals surface area contributed by atoms with E-state index in [1.54, 1.807) is 0 Å². The van der Waals surface area contributed by atoms with Crippen LogP contribution in [0.15, 0.2) is 0 Å². The van der Waals surface area contributed by atoms with Gasteiger partial charge in [-0.2, -0.15) is 0 Å². The van der Waals surface area contributed by atoms with Gasteiger partial charge in [-0.3, -0.25) is 14.6 Å². The molecular formula is C12H23N3O2. The van der Waals surface area contributed by atoms with Crippen LogP contribution in [0.3, 0.4) is 0 Å². The molecule has 0 spiro atoms. The Bertz CT molecular complexity index is 289. The number of hydrogen-bond acceptors (Lipinski definition) is 4. The number of likely N-dealkylation sites (tertiary alicyclic amines) is 1. The van der Waals surface area contributed by atoms with E-state index in [1.807, 2.05) is 0 Å². The van der Waals surface area contributed by atoms with Crippen LogP contribution in [0.1, 0.15) is 20.3 Å². The Kier molecular flexibility index (Phi) is 3.70. The van der Waals surface area contributed by atoms with Gasteiger partial charge in [0.1, 0.15) is 5.54 Å². The van der Waals surface area contributed by atoms with Crippen LogP contribution in [0.25, 0.3) is 0 Å². The molecule has 5 heteroatoms. The molecule has 0 aromatic rings. The standard InChI is InChI=1S/C12H23N3O2/c1-10(2)14-4-3-12(9-14,11(13)16)15-5-7-17-8-6-15/h10H,3-9H2,1-2H3,(H2,13,16). The molecule has 1 atom stereocenters. The topological polar surface area (TPSA) is 58.8 Å². The maximum atomic E-state index is 11.9. The van der Waals surface area contributed by atoms with Gasteiger partial charge in [0.05, 0.1) is 13.2 Å². The number of nitrogens with two attached hydrogens (primary N) is 1. The molecule has 0 bridgehead atoms. The number of nitrogens with zero attached hydrogens (tertiary/aromatic N) is 2. The summed E-state index contributed by atoms with van der Waals surface area (Å²) in [6, 6.07) is 0.470. The zero-order valence-electron chi connectivity index (χ0n) is 10.8. The van der Waals surface area contributed by atoms with E-state index in [4.69, 9.17) is 10.5 Å². The molecule has 2 aliphatic rings. The number of ether oxygens (including phenoxy) is 1. The zero-order chi connectivity index (χ0) is 12.5. The average molecular weight is 241 g/mol. The highest BCUT2D eigenvalue weighted by Gasteiger charge is 2.48. The van der Waals surface area contributed by atoms with Crippen molar-refractivity contribution in [1.29, 1.82) is 0 Å². The third-order valence-electron chi connectivity index (χ3n) is 4.08. The number of rotatable bonds is 3. The van der Waals surface area contributed by atoms with Gasteiger partial charge in [0.15, 0.2) is 0 Å². The van der Waals surface area contributed by atoms with Crippen molar-refractivity contribution in [3.05, 3.63) is 0 Å². The van der Waals surface area contributed by atoms with Crippen LogP contribution in [-0.4, -0.2) is 66.7 Å². The highest BCUT2D eigenvalue weighted by atomic mass is 16.5. The van der Waals surface area contributed by atoms with Gasteiger partial charge < -0.3 is 10.5 Å². The predicted octanol–water partition coefficient (Wildman–Crippen LogP) is -0.343. The lowest BCUT2D eigenvalue weighted by molar-refractivity contribution is -0.133. The molecule has 2 saturated heterocycles. The van der Waals surface area contributed by atoms with E-state index in [1.165, 1.54) is 0 Å². The normalized spacial score (nSPS) is 32.2. The summed E-state index contributed by atoms with van der Waals surface area (Å²) in [5.74, 6) is -0.178. The van der Waals surface area contributed by atoms with E-state index in [9.17, 15) is 4.79 Å². The Morgan fingerprint density at radius 3 is 2.41 bits per heavy atom. The molecule has 1 amide bonds. The van der Waals surface area contributed by atoms with Gasteiger partial charge in [-0.25, -0.2) is 0 Å². The number of hydrogen-bond donors (Lipinski definition) is 1. The third kappa shape index (κ3) is 2.32. The highest BCUT2D eigenvalue weighted by Crippen LogP contribution is 2.29. The Hall–Kier alpha value is -0.650. The van der Waals surface area contributed by atoms with E-state index in [0.29, 0.717) is 19.3 Å². The second-order valence-electron chi connectivity index (χ2n) is 5.31. The van der Waals surface area contributed by atoms with Crippen molar-refractivity contribution in [3.63, 3.8) is 0 Å². The first-order chi connectivity index (χ1) is 8.06. The van der Waals surface area contributed by atoms with Gasteiger partial charge in [-0.1, -0.05) is 0 Å². The molecule has 0 radical (unpaired) electrons. The summed E-state index contributed by atoms with van der Waals surface area (Å²) >= 11 is 0. The van der Waals surface area contributed by atoms with Crippen LogP contribution in [0.4, 0.5) is 0 Å². The molecule has 5 nitrogen and oxygen atoms in total. The van der Waals surface area contributed by atoms with Crippen LogP contribution in [0.2, 0.25) is 0 Å². The van der Waals surface area contributed by atoms with Crippen LogP contribution in [0, 0.1) is 0 Å². The zero-order valence-corrected chi connectivity index (χ0v) is 10.8. The maximum absolute atomic E-state index is 11.9. The minimum atomic E-state index is -0.464. The average Bonchev–Trinajstić information content (AvgIpc) is 2.76. The second-order valence-corrected chi connectivity index (χ2v) is 5.31. The number of amides is 1. The van der Waals surface area contributed by atoms with Crippen molar-refractivity contribution in [2.24, 2.45) is 5.73 Å². The third-order valence-corrected chi connectivity index (χ3v) is 4.08. The monoisotopic (exact) mass is 241 g/mol. The van der Waals surface area contributed by atoms with Gasteiger partial charge in [-0.05, 0) is 20.3 Å². The van der Waals surface area contributed by atoms with E-state index >= 15 is 0 Å². The summed E-state index contributed by atoms with van der Waals surface area (Å²) in [5, 5.41) is 0. The highest BCUT2D eigenvalue weighted by molar-refractivity contribution is 5.85. The van der Waals surface area contributed by atoms with E-state index in [0.717, 1.165) is 32.6 Å². The number of carbonyl (C=O) groups excluding carboxylic acids is 1. The lowest BCUT2D eigenvalue weighted by Crippen LogP contribution is -2.62. The molecule has 2 aliphatic heterocycles. The molecular weight excluding hydrogens is 218 g/mol. The first-order valence-electron chi connectivity index (χ1n) is 6.43. The van der Waals surface area contributed by atoms with E-state index < -0.39 is 5.54 Å². The fourth-order valence-electron chi connectivity index (χ4n) is 2.87. The molecule has 2 rings (SSSR count). The SMILES string of the molecule is CC(C)N1CCC(C(N)=O)(N2CCOCC2)C1. The van der Waals surface area contributed by atoms with Crippen molar-refractivity contribution in [1.82, 2.24) is 9.80 Å². The van der Waals surface area contributed by atoms with Crippen molar-refractivity contribution in [2.45, 2.75) is 31.8 Å². The van der Waals surface area contributed by atoms with E-state index in [-0.39, 0.29) is 5.91 Å². The molecule has 2 fully saturated rings. The van der Waals surface area contributed by atoms with Gasteiger partial charge >= 0.3 is 0 Å². The van der Waals surface area contributed by atoms with Crippen LogP contribution in [0.5, 0.6) is 0 Å². The number of primary amides is 1. The summed E-state index contributed by atoms with van der Waals surface area (Å²) in [7, 11) is 0. The quantitative estimate of drug-likeness (QED) is 0.734. The number of carbonyl (C=O) groups is 1. The van der Waals surface area contributed by atoms with Crippen molar-refractivity contribution < 1.29 is 9.53 Å². The predicted molar refractivity (Wildman–Crippen MR) is 65.6 cm³/mol. The molecule has 98 valence electrons. The summed E-state index contributed by atoms with van der Waals surface area (Å²) in [4.78, 5) is 16.5. The first kappa shape index (κ1) is 12.8. The summed E-state index contributed by atoms with van der Waals surface area (Å²) in [5.41, 5.74) is 5.21. The second kappa shape index (κ2) is 4.92. The van der Waals surface area contributed by atoms with Crippen molar-refractivity contribution >= 4 is 5.91 Å². The van der Waals surface area contributed by atoms with Gasteiger partial charge in [0.2, 0.25) is 5.91 Å². The summed E-state index contributed by atoms with van der Waals surface area (Å²) in [6.45, 7) is 9.09. The van der Waals surface area contributed by atoms with E-state index in [2.05, 4.69) is 23.6 Å². The molecule has 0 aliphatic carbocycles. The first-order valence-corrected chi connectivity index (χ1v) is 6.43. The lowest BCUT2D eigenvalue weighted by Gasteiger charge is -2.41. The van der Waals surface area contributed by atoms with Crippen LogP contribution >= 0.6 is 0 Å². The molecule has 0 aromatic carbocycles. The fourth-order valence-corrected chi connectivity index (χ4v) is 2.87. The minimum Gasteiger partial charge on any atom is -0.379 e. The van der Waals surface area contributed by atoms with Crippen LogP contribution < -0.4 is 5.73 Å². The molecule has 1 unspecified atom stereocenters.